The van der Waals surface area contributed by atoms with E-state index < -0.39 is 0 Å². The summed E-state index contributed by atoms with van der Waals surface area (Å²) >= 11 is 0. The van der Waals surface area contributed by atoms with Gasteiger partial charge in [0, 0.05) is 29.8 Å². The molecule has 0 radical (unpaired) electrons. The standard InChI is InChI=1S/C25H25FN4O3/c1-30(15-22(31)27-19-11-9-18(26)10-12-19)25(33)17-7-13-20-21(14-8-17)28-23(29-24(20)32)16-5-3-2-4-6-16/h2-6,9-12,17H,7-8,13-15H2,1H3,(H,27,31)(H,28,29,32). The molecule has 2 aromatic carbocycles. The van der Waals surface area contributed by atoms with Crippen molar-refractivity contribution in [2.75, 3.05) is 18.9 Å². The van der Waals surface area contributed by atoms with Gasteiger partial charge in [0.25, 0.3) is 5.56 Å². The molecule has 0 saturated carbocycles. The number of aromatic nitrogens is 2. The van der Waals surface area contributed by atoms with Gasteiger partial charge in [-0.25, -0.2) is 9.37 Å². The second-order valence-corrected chi connectivity index (χ2v) is 8.23. The number of likely N-dealkylation sites (N-methyl/N-ethyl adjacent to an activating group) is 1. The highest BCUT2D eigenvalue weighted by Crippen LogP contribution is 2.24. The van der Waals surface area contributed by atoms with E-state index in [0.29, 0.717) is 42.8 Å². The minimum Gasteiger partial charge on any atom is -0.336 e. The van der Waals surface area contributed by atoms with Gasteiger partial charge < -0.3 is 15.2 Å². The molecule has 8 heteroatoms. The summed E-state index contributed by atoms with van der Waals surface area (Å²) in [5, 5.41) is 2.66. The average Bonchev–Trinajstić information content (AvgIpc) is 3.03. The smallest absolute Gasteiger partial charge is 0.254 e. The monoisotopic (exact) mass is 448 g/mol. The predicted octanol–water partition coefficient (Wildman–Crippen LogP) is 3.17. The molecule has 0 bridgehead atoms. The van der Waals surface area contributed by atoms with Gasteiger partial charge in [-0.15, -0.1) is 0 Å². The summed E-state index contributed by atoms with van der Waals surface area (Å²) in [6.07, 6.45) is 2.05. The number of benzene rings is 2. The SMILES string of the molecule is CN(CC(=O)Nc1ccc(F)cc1)C(=O)C1CCc2nc(-c3ccccc3)[nH]c(=O)c2CC1. The largest absolute Gasteiger partial charge is 0.336 e. The fourth-order valence-electron chi connectivity index (χ4n) is 4.10. The van der Waals surface area contributed by atoms with Crippen molar-refractivity contribution in [3.05, 3.63) is 82.0 Å². The number of carbonyl (C=O) groups is 2. The van der Waals surface area contributed by atoms with Gasteiger partial charge in [-0.2, -0.15) is 0 Å². The number of aromatic amines is 1. The number of anilines is 1. The number of H-pyrrole nitrogens is 1. The summed E-state index contributed by atoms with van der Waals surface area (Å²) in [5.41, 5.74) is 2.48. The first kappa shape index (κ1) is 22.4. The molecule has 1 aliphatic rings. The molecule has 4 rings (SSSR count). The third-order valence-electron chi connectivity index (χ3n) is 5.85. The maximum absolute atomic E-state index is 13.0. The van der Waals surface area contributed by atoms with Gasteiger partial charge in [0.05, 0.1) is 12.2 Å². The van der Waals surface area contributed by atoms with Crippen molar-refractivity contribution < 1.29 is 14.0 Å². The molecule has 1 atom stereocenters. The van der Waals surface area contributed by atoms with Gasteiger partial charge in [-0.1, -0.05) is 30.3 Å². The van der Waals surface area contributed by atoms with Crippen LogP contribution in [0.4, 0.5) is 10.1 Å². The fraction of sp³-hybridized carbons (Fsp3) is 0.280. The molecular formula is C25H25FN4O3. The molecule has 1 unspecified atom stereocenters. The van der Waals surface area contributed by atoms with E-state index >= 15 is 0 Å². The first-order valence-electron chi connectivity index (χ1n) is 10.9. The van der Waals surface area contributed by atoms with Crippen LogP contribution in [0.15, 0.2) is 59.4 Å². The number of fused-ring (bicyclic) bond motifs is 1. The molecule has 2 N–H and O–H groups in total. The lowest BCUT2D eigenvalue weighted by Gasteiger charge is -2.22. The number of carbonyl (C=O) groups excluding carboxylic acids is 2. The molecule has 1 aromatic heterocycles. The van der Waals surface area contributed by atoms with Crippen LogP contribution in [0.5, 0.6) is 0 Å². The van der Waals surface area contributed by atoms with Crippen molar-refractivity contribution in [1.82, 2.24) is 14.9 Å². The Balaban J connectivity index is 1.40. The van der Waals surface area contributed by atoms with Crippen molar-refractivity contribution in [2.24, 2.45) is 5.92 Å². The molecule has 2 amide bonds. The summed E-state index contributed by atoms with van der Waals surface area (Å²) in [6, 6.07) is 14.9. The Kier molecular flexibility index (Phi) is 6.63. The van der Waals surface area contributed by atoms with Crippen LogP contribution < -0.4 is 10.9 Å². The van der Waals surface area contributed by atoms with Crippen LogP contribution in [0.3, 0.4) is 0 Å². The van der Waals surface area contributed by atoms with Crippen LogP contribution >= 0.6 is 0 Å². The minimum absolute atomic E-state index is 0.114. The highest BCUT2D eigenvalue weighted by atomic mass is 19.1. The van der Waals surface area contributed by atoms with Gasteiger partial charge in [0.1, 0.15) is 11.6 Å². The number of rotatable bonds is 5. The molecule has 1 aliphatic carbocycles. The zero-order valence-electron chi connectivity index (χ0n) is 18.3. The molecule has 170 valence electrons. The zero-order valence-corrected chi connectivity index (χ0v) is 18.3. The fourth-order valence-corrected chi connectivity index (χ4v) is 4.10. The van der Waals surface area contributed by atoms with Crippen LogP contribution in [0, 0.1) is 11.7 Å². The van der Waals surface area contributed by atoms with E-state index in [2.05, 4.69) is 15.3 Å². The van der Waals surface area contributed by atoms with Gasteiger partial charge >= 0.3 is 0 Å². The summed E-state index contributed by atoms with van der Waals surface area (Å²) in [5.74, 6) is -0.670. The van der Waals surface area contributed by atoms with Gasteiger partial charge in [0.15, 0.2) is 0 Å². The lowest BCUT2D eigenvalue weighted by molar-refractivity contribution is -0.137. The number of amides is 2. The van der Waals surface area contributed by atoms with Gasteiger partial charge in [0.2, 0.25) is 11.8 Å². The Bertz CT molecular complexity index is 1210. The summed E-state index contributed by atoms with van der Waals surface area (Å²) in [6.45, 7) is -0.114. The van der Waals surface area contributed by atoms with Crippen LogP contribution in [-0.4, -0.2) is 40.3 Å². The van der Waals surface area contributed by atoms with Crippen molar-refractivity contribution in [3.8, 4) is 11.4 Å². The lowest BCUT2D eigenvalue weighted by atomic mass is 9.98. The average molecular weight is 448 g/mol. The van der Waals surface area contributed by atoms with Crippen LogP contribution in [0.1, 0.15) is 24.1 Å². The third-order valence-corrected chi connectivity index (χ3v) is 5.85. The van der Waals surface area contributed by atoms with Crippen LogP contribution in [-0.2, 0) is 22.4 Å². The minimum atomic E-state index is -0.390. The van der Waals surface area contributed by atoms with Crippen molar-refractivity contribution in [2.45, 2.75) is 25.7 Å². The Morgan fingerprint density at radius 2 is 1.79 bits per heavy atom. The highest BCUT2D eigenvalue weighted by Gasteiger charge is 2.28. The molecule has 7 nitrogen and oxygen atoms in total. The van der Waals surface area contributed by atoms with Crippen molar-refractivity contribution >= 4 is 17.5 Å². The molecular weight excluding hydrogens is 423 g/mol. The van der Waals surface area contributed by atoms with E-state index in [1.165, 1.54) is 29.2 Å². The molecule has 0 fully saturated rings. The topological polar surface area (TPSA) is 95.2 Å². The molecule has 0 saturated heterocycles. The number of hydrogen-bond acceptors (Lipinski definition) is 4. The number of nitrogens with zero attached hydrogens (tertiary/aromatic N) is 2. The zero-order chi connectivity index (χ0) is 23.4. The predicted molar refractivity (Wildman–Crippen MR) is 123 cm³/mol. The maximum Gasteiger partial charge on any atom is 0.254 e. The quantitative estimate of drug-likeness (QED) is 0.586. The van der Waals surface area contributed by atoms with E-state index in [9.17, 15) is 18.8 Å². The molecule has 0 spiro atoms. The van der Waals surface area contributed by atoms with E-state index in [0.717, 1.165) is 11.3 Å². The molecule has 0 aliphatic heterocycles. The van der Waals surface area contributed by atoms with Crippen LogP contribution in [0.25, 0.3) is 11.4 Å². The van der Waals surface area contributed by atoms with E-state index in [1.807, 2.05) is 30.3 Å². The van der Waals surface area contributed by atoms with Gasteiger partial charge in [-0.3, -0.25) is 14.4 Å². The summed E-state index contributed by atoms with van der Waals surface area (Å²) < 4.78 is 13.0. The number of aryl methyl sites for hydroxylation is 1. The third kappa shape index (κ3) is 5.34. The van der Waals surface area contributed by atoms with E-state index in [1.54, 1.807) is 7.05 Å². The second kappa shape index (κ2) is 9.77. The van der Waals surface area contributed by atoms with Gasteiger partial charge in [-0.05, 0) is 49.9 Å². The summed E-state index contributed by atoms with van der Waals surface area (Å²) in [7, 11) is 1.59. The van der Waals surface area contributed by atoms with Crippen molar-refractivity contribution in [1.29, 1.82) is 0 Å². The highest BCUT2D eigenvalue weighted by molar-refractivity contribution is 5.94. The first-order chi connectivity index (χ1) is 15.9. The Labute approximate surface area is 190 Å². The van der Waals surface area contributed by atoms with Crippen LogP contribution in [0.2, 0.25) is 0 Å². The second-order valence-electron chi connectivity index (χ2n) is 8.23. The van der Waals surface area contributed by atoms with E-state index in [4.69, 9.17) is 0 Å². The number of halogens is 1. The Morgan fingerprint density at radius 1 is 1.09 bits per heavy atom. The Hall–Kier alpha value is -3.81. The number of nitrogens with one attached hydrogen (secondary N) is 2. The molecule has 3 aromatic rings. The molecule has 1 heterocycles. The van der Waals surface area contributed by atoms with E-state index in [-0.39, 0.29) is 35.7 Å². The lowest BCUT2D eigenvalue weighted by Crippen LogP contribution is -2.38. The first-order valence-corrected chi connectivity index (χ1v) is 10.9. The van der Waals surface area contributed by atoms with Crippen molar-refractivity contribution in [3.63, 3.8) is 0 Å². The summed E-state index contributed by atoms with van der Waals surface area (Å²) in [4.78, 5) is 46.9. The maximum atomic E-state index is 13.0. The number of hydrogen-bond donors (Lipinski definition) is 2. The molecule has 33 heavy (non-hydrogen) atoms. The Morgan fingerprint density at radius 3 is 2.52 bits per heavy atom. The normalized spacial score (nSPS) is 15.3.